The average molecular weight is 518 g/mol. The Morgan fingerprint density at radius 2 is 0.718 bits per heavy atom. The van der Waals surface area contributed by atoms with E-state index in [9.17, 15) is 0 Å². The van der Waals surface area contributed by atoms with Crippen LogP contribution in [0.3, 0.4) is 0 Å². The third-order valence-corrected chi connectivity index (χ3v) is 7.82. The molecule has 0 saturated heterocycles. The Bertz CT molecular complexity index is 993. The molecule has 1 nitrogen and oxygen atoms in total. The lowest BCUT2D eigenvalue weighted by Gasteiger charge is -2.39. The number of hydrogen-bond donors (Lipinski definition) is 0. The molecule has 4 aromatic carbocycles. The van der Waals surface area contributed by atoms with Gasteiger partial charge in [0, 0.05) is 6.54 Å². The fraction of sp³-hybridized carbons (Fsp3) is 0.368. The summed E-state index contributed by atoms with van der Waals surface area (Å²) in [6.07, 6.45) is 10.7. The third-order valence-electron chi connectivity index (χ3n) is 7.82. The second-order valence-corrected chi connectivity index (χ2v) is 11.3. The maximum atomic E-state index is 2.76. The first-order valence-corrected chi connectivity index (χ1v) is 15.2. The minimum atomic E-state index is 0.175. The fourth-order valence-corrected chi connectivity index (χ4v) is 5.83. The van der Waals surface area contributed by atoms with Crippen LogP contribution in [0.4, 0.5) is 0 Å². The van der Waals surface area contributed by atoms with Gasteiger partial charge in [0.05, 0.1) is 12.1 Å². The molecule has 0 radical (unpaired) electrons. The van der Waals surface area contributed by atoms with Crippen molar-refractivity contribution in [2.45, 2.75) is 77.3 Å². The van der Waals surface area contributed by atoms with Crippen molar-refractivity contribution in [3.05, 3.63) is 144 Å². The Labute approximate surface area is 237 Å². The van der Waals surface area contributed by atoms with Gasteiger partial charge in [-0.25, -0.2) is 0 Å². The SMILES string of the molecule is CC(C)CCCCCCCCCN(C(c1ccccc1)c1ccccc1)C(c1ccccc1)c1ccccc1. The molecule has 0 heterocycles. The van der Waals surface area contributed by atoms with Crippen molar-refractivity contribution < 1.29 is 0 Å². The first kappa shape index (κ1) is 28.8. The second kappa shape index (κ2) is 16.1. The summed E-state index contributed by atoms with van der Waals surface area (Å²) in [7, 11) is 0. The van der Waals surface area contributed by atoms with Crippen LogP contribution in [0.25, 0.3) is 0 Å². The van der Waals surface area contributed by atoms with E-state index in [0.717, 1.165) is 12.5 Å². The highest BCUT2D eigenvalue weighted by molar-refractivity contribution is 5.37. The van der Waals surface area contributed by atoms with E-state index in [2.05, 4.69) is 140 Å². The molecule has 0 N–H and O–H groups in total. The average Bonchev–Trinajstić information content (AvgIpc) is 2.98. The molecule has 204 valence electrons. The Morgan fingerprint density at radius 3 is 1.05 bits per heavy atom. The standard InChI is InChI=1S/C38H47N/c1-32(2)22-12-6-4-3-5-7-21-31-39(37(33-23-13-8-14-24-33)34-25-15-9-16-26-34)38(35-27-17-10-18-28-35)36-29-19-11-20-30-36/h8-11,13-20,23-30,32,37-38H,3-7,12,21-22,31H2,1-2H3. The molecule has 1 heteroatoms. The highest BCUT2D eigenvalue weighted by atomic mass is 15.2. The van der Waals surface area contributed by atoms with Gasteiger partial charge in [0.25, 0.3) is 0 Å². The summed E-state index contributed by atoms with van der Waals surface area (Å²) in [4.78, 5) is 2.76. The zero-order chi connectivity index (χ0) is 27.1. The van der Waals surface area contributed by atoms with Crippen LogP contribution in [0, 0.1) is 5.92 Å². The minimum Gasteiger partial charge on any atom is -0.281 e. The first-order chi connectivity index (χ1) is 19.2. The molecule has 39 heavy (non-hydrogen) atoms. The van der Waals surface area contributed by atoms with E-state index in [1.807, 2.05) is 0 Å². The third kappa shape index (κ3) is 8.94. The van der Waals surface area contributed by atoms with Gasteiger partial charge in [0.2, 0.25) is 0 Å². The predicted octanol–water partition coefficient (Wildman–Crippen LogP) is 10.6. The lowest BCUT2D eigenvalue weighted by molar-refractivity contribution is 0.176. The molecular formula is C38H47N. The van der Waals surface area contributed by atoms with Crippen LogP contribution in [0.1, 0.15) is 99.6 Å². The largest absolute Gasteiger partial charge is 0.281 e. The molecule has 0 atom stereocenters. The molecule has 0 aliphatic rings. The summed E-state index contributed by atoms with van der Waals surface area (Å²) in [5, 5.41) is 0. The van der Waals surface area contributed by atoms with Crippen molar-refractivity contribution in [3.63, 3.8) is 0 Å². The Kier molecular flexibility index (Phi) is 11.9. The van der Waals surface area contributed by atoms with Gasteiger partial charge in [0.1, 0.15) is 0 Å². The van der Waals surface area contributed by atoms with Gasteiger partial charge >= 0.3 is 0 Å². The van der Waals surface area contributed by atoms with Gasteiger partial charge in [-0.2, -0.15) is 0 Å². The van der Waals surface area contributed by atoms with Crippen molar-refractivity contribution in [2.75, 3.05) is 6.54 Å². The van der Waals surface area contributed by atoms with E-state index < -0.39 is 0 Å². The molecule has 4 aromatic rings. The minimum absolute atomic E-state index is 0.175. The highest BCUT2D eigenvalue weighted by Crippen LogP contribution is 2.39. The predicted molar refractivity (Wildman–Crippen MR) is 168 cm³/mol. The molecule has 0 aromatic heterocycles. The zero-order valence-electron chi connectivity index (χ0n) is 24.1. The summed E-state index contributed by atoms with van der Waals surface area (Å²) >= 11 is 0. The number of rotatable bonds is 16. The summed E-state index contributed by atoms with van der Waals surface area (Å²) in [6, 6.07) is 44.7. The van der Waals surface area contributed by atoms with Crippen LogP contribution < -0.4 is 0 Å². The molecule has 0 saturated carbocycles. The molecule has 4 rings (SSSR count). The van der Waals surface area contributed by atoms with Gasteiger partial charge in [-0.1, -0.05) is 180 Å². The van der Waals surface area contributed by atoms with E-state index in [4.69, 9.17) is 0 Å². The number of nitrogens with zero attached hydrogens (tertiary/aromatic N) is 1. The van der Waals surface area contributed by atoms with Crippen LogP contribution in [-0.2, 0) is 0 Å². The topological polar surface area (TPSA) is 3.24 Å². The van der Waals surface area contributed by atoms with Gasteiger partial charge in [-0.3, -0.25) is 4.90 Å². The van der Waals surface area contributed by atoms with E-state index in [-0.39, 0.29) is 12.1 Å². The van der Waals surface area contributed by atoms with Crippen molar-refractivity contribution in [1.29, 1.82) is 0 Å². The van der Waals surface area contributed by atoms with Crippen LogP contribution in [0.5, 0.6) is 0 Å². The molecule has 0 spiro atoms. The van der Waals surface area contributed by atoms with Gasteiger partial charge < -0.3 is 0 Å². The molecule has 0 aliphatic heterocycles. The Balaban J connectivity index is 1.60. The normalized spacial score (nSPS) is 11.6. The molecule has 0 aliphatic carbocycles. The number of benzene rings is 4. The number of hydrogen-bond acceptors (Lipinski definition) is 1. The lowest BCUT2D eigenvalue weighted by Crippen LogP contribution is -2.35. The smallest absolute Gasteiger partial charge is 0.0610 e. The van der Waals surface area contributed by atoms with Gasteiger partial charge in [0.15, 0.2) is 0 Å². The fourth-order valence-electron chi connectivity index (χ4n) is 5.83. The quantitative estimate of drug-likeness (QED) is 0.134. The summed E-state index contributed by atoms with van der Waals surface area (Å²) in [5.74, 6) is 0.834. The maximum absolute atomic E-state index is 2.76. The zero-order valence-corrected chi connectivity index (χ0v) is 24.1. The second-order valence-electron chi connectivity index (χ2n) is 11.3. The van der Waals surface area contributed by atoms with E-state index in [0.29, 0.717) is 0 Å². The first-order valence-electron chi connectivity index (χ1n) is 15.2. The Hall–Kier alpha value is -3.16. The molecular weight excluding hydrogens is 470 g/mol. The van der Waals surface area contributed by atoms with Crippen LogP contribution in [0.15, 0.2) is 121 Å². The van der Waals surface area contributed by atoms with Gasteiger partial charge in [-0.05, 0) is 34.6 Å². The molecule has 0 unspecified atom stereocenters. The maximum Gasteiger partial charge on any atom is 0.0610 e. The highest BCUT2D eigenvalue weighted by Gasteiger charge is 2.30. The van der Waals surface area contributed by atoms with Gasteiger partial charge in [-0.15, -0.1) is 0 Å². The van der Waals surface area contributed by atoms with Crippen molar-refractivity contribution in [1.82, 2.24) is 4.90 Å². The summed E-state index contributed by atoms with van der Waals surface area (Å²) in [5.41, 5.74) is 5.41. The van der Waals surface area contributed by atoms with E-state index >= 15 is 0 Å². The van der Waals surface area contributed by atoms with E-state index in [1.54, 1.807) is 0 Å². The van der Waals surface area contributed by atoms with Crippen LogP contribution in [0.2, 0.25) is 0 Å². The Morgan fingerprint density at radius 1 is 0.410 bits per heavy atom. The summed E-state index contributed by atoms with van der Waals surface area (Å²) in [6.45, 7) is 5.72. The van der Waals surface area contributed by atoms with Crippen molar-refractivity contribution >= 4 is 0 Å². The summed E-state index contributed by atoms with van der Waals surface area (Å²) < 4.78 is 0. The van der Waals surface area contributed by atoms with Crippen molar-refractivity contribution in [2.24, 2.45) is 5.92 Å². The van der Waals surface area contributed by atoms with Crippen molar-refractivity contribution in [3.8, 4) is 0 Å². The molecule has 0 bridgehead atoms. The number of unbranched alkanes of at least 4 members (excludes halogenated alkanes) is 6. The monoisotopic (exact) mass is 517 g/mol. The molecule has 0 amide bonds. The van der Waals surface area contributed by atoms with E-state index in [1.165, 1.54) is 73.6 Å². The van der Waals surface area contributed by atoms with Crippen LogP contribution in [-0.4, -0.2) is 11.4 Å². The van der Waals surface area contributed by atoms with Crippen LogP contribution >= 0.6 is 0 Å². The lowest BCUT2D eigenvalue weighted by atomic mass is 9.90. The molecule has 0 fully saturated rings.